The van der Waals surface area contributed by atoms with Crippen molar-refractivity contribution in [1.29, 1.82) is 0 Å². The normalized spacial score (nSPS) is 17.0. The van der Waals surface area contributed by atoms with Crippen molar-refractivity contribution in [2.45, 2.75) is 13.3 Å². The third kappa shape index (κ3) is 5.31. The number of ether oxygens (including phenoxy) is 1. The van der Waals surface area contributed by atoms with Gasteiger partial charge in [-0.05, 0) is 26.1 Å². The van der Waals surface area contributed by atoms with Gasteiger partial charge in [0.25, 0.3) is 0 Å². The van der Waals surface area contributed by atoms with Crippen LogP contribution < -0.4 is 0 Å². The maximum Gasteiger partial charge on any atom is 0.310 e. The predicted octanol–water partition coefficient (Wildman–Crippen LogP) is 2.96. The summed E-state index contributed by atoms with van der Waals surface area (Å²) in [6.45, 7) is 6.80. The van der Waals surface area contributed by atoms with Gasteiger partial charge in [0.2, 0.25) is 0 Å². The molecule has 1 atom stereocenters. The molecule has 1 aromatic carbocycles. The van der Waals surface area contributed by atoms with Crippen molar-refractivity contribution in [1.82, 2.24) is 15.0 Å². The van der Waals surface area contributed by atoms with E-state index in [1.165, 1.54) is 0 Å². The SMILES string of the molecule is CCOC(=O)[C@H](Cc1cc(-c2ccccc2Cl)on1)CN1CCN(C)CC1. The van der Waals surface area contributed by atoms with E-state index in [-0.39, 0.29) is 11.9 Å². The number of piperazine rings is 1. The highest BCUT2D eigenvalue weighted by molar-refractivity contribution is 6.33. The van der Waals surface area contributed by atoms with E-state index < -0.39 is 0 Å². The van der Waals surface area contributed by atoms with Gasteiger partial charge in [0.1, 0.15) is 0 Å². The standard InChI is InChI=1S/C20H26ClN3O3/c1-3-26-20(25)15(14-24-10-8-23(2)9-11-24)12-16-13-19(27-22-16)17-6-4-5-7-18(17)21/h4-7,13,15H,3,8-12,14H2,1-2H3/t15-/m1/s1. The molecule has 7 heteroatoms. The number of aromatic nitrogens is 1. The fraction of sp³-hybridized carbons (Fsp3) is 0.500. The lowest BCUT2D eigenvalue weighted by Gasteiger charge is -2.34. The van der Waals surface area contributed by atoms with Gasteiger partial charge in [0, 0.05) is 50.8 Å². The minimum atomic E-state index is -0.266. The molecule has 1 aliphatic rings. The first-order valence-electron chi connectivity index (χ1n) is 9.35. The average Bonchev–Trinajstić information content (AvgIpc) is 3.12. The Morgan fingerprint density at radius 2 is 2.04 bits per heavy atom. The zero-order valence-electron chi connectivity index (χ0n) is 15.9. The molecule has 0 saturated carbocycles. The second-order valence-electron chi connectivity index (χ2n) is 6.92. The van der Waals surface area contributed by atoms with Gasteiger partial charge in [-0.3, -0.25) is 9.69 Å². The Bertz CT molecular complexity index is 756. The number of hydrogen-bond acceptors (Lipinski definition) is 6. The summed E-state index contributed by atoms with van der Waals surface area (Å²) in [5.74, 6) is 0.161. The van der Waals surface area contributed by atoms with Crippen LogP contribution in [0.25, 0.3) is 11.3 Å². The quantitative estimate of drug-likeness (QED) is 0.676. The molecule has 1 saturated heterocycles. The highest BCUT2D eigenvalue weighted by Crippen LogP contribution is 2.28. The van der Waals surface area contributed by atoms with Crippen LogP contribution in [0.2, 0.25) is 5.02 Å². The minimum Gasteiger partial charge on any atom is -0.466 e. The van der Waals surface area contributed by atoms with Crippen LogP contribution in [0.1, 0.15) is 12.6 Å². The summed E-state index contributed by atoms with van der Waals surface area (Å²) in [5.41, 5.74) is 1.53. The van der Waals surface area contributed by atoms with Crippen LogP contribution in [0.15, 0.2) is 34.9 Å². The van der Waals surface area contributed by atoms with E-state index in [2.05, 4.69) is 22.0 Å². The number of hydrogen-bond donors (Lipinski definition) is 0. The Morgan fingerprint density at radius 1 is 1.30 bits per heavy atom. The van der Waals surface area contributed by atoms with Gasteiger partial charge in [-0.25, -0.2) is 0 Å². The Morgan fingerprint density at radius 3 is 2.74 bits per heavy atom. The van der Waals surface area contributed by atoms with E-state index in [0.29, 0.717) is 30.4 Å². The van der Waals surface area contributed by atoms with Crippen molar-refractivity contribution in [3.8, 4) is 11.3 Å². The smallest absolute Gasteiger partial charge is 0.310 e. The summed E-state index contributed by atoms with van der Waals surface area (Å²) in [5, 5.41) is 4.76. The number of esters is 1. The predicted molar refractivity (Wildman–Crippen MR) is 105 cm³/mol. The van der Waals surface area contributed by atoms with Crippen molar-refractivity contribution in [3.63, 3.8) is 0 Å². The van der Waals surface area contributed by atoms with Gasteiger partial charge in [-0.15, -0.1) is 0 Å². The van der Waals surface area contributed by atoms with Crippen LogP contribution in [0.4, 0.5) is 0 Å². The molecule has 2 heterocycles. The number of rotatable bonds is 7. The van der Waals surface area contributed by atoms with Crippen LogP contribution in [0.3, 0.4) is 0 Å². The molecular weight excluding hydrogens is 366 g/mol. The molecule has 146 valence electrons. The lowest BCUT2D eigenvalue weighted by Crippen LogP contribution is -2.47. The van der Waals surface area contributed by atoms with Crippen LogP contribution >= 0.6 is 11.6 Å². The first-order chi connectivity index (χ1) is 13.1. The maximum absolute atomic E-state index is 12.5. The molecule has 27 heavy (non-hydrogen) atoms. The summed E-state index contributed by atoms with van der Waals surface area (Å²) < 4.78 is 10.8. The highest BCUT2D eigenvalue weighted by atomic mass is 35.5. The first kappa shape index (κ1) is 19.9. The summed E-state index contributed by atoms with van der Waals surface area (Å²) in [6, 6.07) is 9.33. The van der Waals surface area contributed by atoms with Gasteiger partial charge in [-0.2, -0.15) is 0 Å². The second kappa shape index (κ2) is 9.35. The largest absolute Gasteiger partial charge is 0.466 e. The van der Waals surface area contributed by atoms with Gasteiger partial charge in [-0.1, -0.05) is 28.9 Å². The summed E-state index contributed by atoms with van der Waals surface area (Å²) in [7, 11) is 2.12. The molecule has 1 aromatic heterocycles. The molecule has 2 aromatic rings. The molecule has 0 spiro atoms. The van der Waals surface area contributed by atoms with E-state index >= 15 is 0 Å². The fourth-order valence-electron chi connectivity index (χ4n) is 3.27. The minimum absolute atomic E-state index is 0.182. The highest BCUT2D eigenvalue weighted by Gasteiger charge is 2.26. The number of halogens is 1. The molecular formula is C20H26ClN3O3. The molecule has 0 aliphatic carbocycles. The van der Waals surface area contributed by atoms with E-state index in [0.717, 1.165) is 37.4 Å². The van der Waals surface area contributed by atoms with E-state index in [1.54, 1.807) is 0 Å². The molecule has 0 unspecified atom stereocenters. The molecule has 6 nitrogen and oxygen atoms in total. The number of carbonyl (C=O) groups is 1. The van der Waals surface area contributed by atoms with Crippen molar-refractivity contribution in [2.75, 3.05) is 46.4 Å². The number of nitrogens with zero attached hydrogens (tertiary/aromatic N) is 3. The third-order valence-electron chi connectivity index (χ3n) is 4.85. The zero-order chi connectivity index (χ0) is 19.2. The molecule has 0 N–H and O–H groups in total. The maximum atomic E-state index is 12.5. The number of carbonyl (C=O) groups excluding carboxylic acids is 1. The molecule has 1 aliphatic heterocycles. The van der Waals surface area contributed by atoms with Gasteiger partial charge >= 0.3 is 5.97 Å². The van der Waals surface area contributed by atoms with E-state index in [9.17, 15) is 4.79 Å². The zero-order valence-corrected chi connectivity index (χ0v) is 16.6. The summed E-state index contributed by atoms with van der Waals surface area (Å²) >= 11 is 6.23. The Balaban J connectivity index is 1.70. The van der Waals surface area contributed by atoms with Gasteiger partial charge in [0.15, 0.2) is 5.76 Å². The van der Waals surface area contributed by atoms with E-state index in [4.69, 9.17) is 20.9 Å². The average molecular weight is 392 g/mol. The summed E-state index contributed by atoms with van der Waals surface area (Å²) in [4.78, 5) is 17.1. The Hall–Kier alpha value is -1.89. The molecule has 0 amide bonds. The van der Waals surface area contributed by atoms with Gasteiger partial charge in [0.05, 0.1) is 23.2 Å². The van der Waals surface area contributed by atoms with Crippen LogP contribution in [0, 0.1) is 5.92 Å². The summed E-state index contributed by atoms with van der Waals surface area (Å²) in [6.07, 6.45) is 0.485. The lowest BCUT2D eigenvalue weighted by atomic mass is 10.0. The Kier molecular flexibility index (Phi) is 6.88. The fourth-order valence-corrected chi connectivity index (χ4v) is 3.50. The first-order valence-corrected chi connectivity index (χ1v) is 9.72. The molecule has 1 fully saturated rings. The molecule has 0 bridgehead atoms. The number of likely N-dealkylation sites (N-methyl/N-ethyl adjacent to an activating group) is 1. The van der Waals surface area contributed by atoms with Gasteiger partial charge < -0.3 is 14.2 Å². The van der Waals surface area contributed by atoms with Crippen molar-refractivity contribution < 1.29 is 14.1 Å². The lowest BCUT2D eigenvalue weighted by molar-refractivity contribution is -0.148. The van der Waals surface area contributed by atoms with Crippen molar-refractivity contribution in [2.24, 2.45) is 5.92 Å². The van der Waals surface area contributed by atoms with Crippen LogP contribution in [0.5, 0.6) is 0 Å². The molecule has 0 radical (unpaired) electrons. The van der Waals surface area contributed by atoms with Crippen LogP contribution in [-0.4, -0.2) is 67.3 Å². The van der Waals surface area contributed by atoms with Crippen molar-refractivity contribution >= 4 is 17.6 Å². The topological polar surface area (TPSA) is 58.8 Å². The van der Waals surface area contributed by atoms with Crippen LogP contribution in [-0.2, 0) is 16.0 Å². The van der Waals surface area contributed by atoms with E-state index in [1.807, 2.05) is 37.3 Å². The number of benzene rings is 1. The molecule has 3 rings (SSSR count). The Labute approximate surface area is 165 Å². The third-order valence-corrected chi connectivity index (χ3v) is 5.18. The van der Waals surface area contributed by atoms with Crippen molar-refractivity contribution in [3.05, 3.63) is 41.0 Å². The monoisotopic (exact) mass is 391 g/mol. The second-order valence-corrected chi connectivity index (χ2v) is 7.33.